The molecule has 1 heterocycles. The number of hydrogen-bond acceptors (Lipinski definition) is 3. The third-order valence-electron chi connectivity index (χ3n) is 4.70. The summed E-state index contributed by atoms with van der Waals surface area (Å²) < 4.78 is 0. The molecule has 2 aliphatic rings. The van der Waals surface area contributed by atoms with Crippen LogP contribution in [0, 0.1) is 11.8 Å². The van der Waals surface area contributed by atoms with E-state index in [2.05, 4.69) is 12.2 Å². The molecule has 1 aliphatic heterocycles. The van der Waals surface area contributed by atoms with E-state index in [-0.39, 0.29) is 23.8 Å². The van der Waals surface area contributed by atoms with E-state index in [1.54, 1.807) is 0 Å². The minimum Gasteiger partial charge on any atom is -0.352 e. The number of carbonyl (C=O) groups is 2. The highest BCUT2D eigenvalue weighted by Crippen LogP contribution is 2.31. The van der Waals surface area contributed by atoms with Crippen LogP contribution in [0.15, 0.2) is 0 Å². The van der Waals surface area contributed by atoms with Crippen molar-refractivity contribution in [2.75, 3.05) is 13.1 Å². The van der Waals surface area contributed by atoms with Crippen LogP contribution < -0.4 is 11.1 Å². The summed E-state index contributed by atoms with van der Waals surface area (Å²) in [7, 11) is 0. The molecule has 0 spiro atoms. The van der Waals surface area contributed by atoms with Crippen molar-refractivity contribution in [2.45, 2.75) is 58.0 Å². The average molecular weight is 281 g/mol. The van der Waals surface area contributed by atoms with Gasteiger partial charge in [0.05, 0.1) is 5.92 Å². The van der Waals surface area contributed by atoms with Gasteiger partial charge in [-0.15, -0.1) is 0 Å². The molecule has 2 rings (SSSR count). The van der Waals surface area contributed by atoms with Crippen LogP contribution in [0.3, 0.4) is 0 Å². The second kappa shape index (κ2) is 6.57. The van der Waals surface area contributed by atoms with Gasteiger partial charge in [-0.2, -0.15) is 0 Å². The van der Waals surface area contributed by atoms with Crippen molar-refractivity contribution < 1.29 is 9.59 Å². The van der Waals surface area contributed by atoms with Gasteiger partial charge in [-0.1, -0.05) is 6.92 Å². The molecule has 20 heavy (non-hydrogen) atoms. The highest BCUT2D eigenvalue weighted by Gasteiger charge is 2.38. The number of amides is 2. The molecule has 1 saturated carbocycles. The number of hydrogen-bond donors (Lipinski definition) is 2. The molecular formula is C15H27N3O2. The highest BCUT2D eigenvalue weighted by atomic mass is 16.2. The zero-order valence-electron chi connectivity index (χ0n) is 12.6. The zero-order valence-corrected chi connectivity index (χ0v) is 12.6. The molecule has 1 aliphatic carbocycles. The summed E-state index contributed by atoms with van der Waals surface area (Å²) in [5.41, 5.74) is 5.51. The molecule has 5 nitrogen and oxygen atoms in total. The van der Waals surface area contributed by atoms with Crippen LogP contribution >= 0.6 is 0 Å². The first kappa shape index (κ1) is 15.3. The van der Waals surface area contributed by atoms with Crippen molar-refractivity contribution in [1.29, 1.82) is 0 Å². The Balaban J connectivity index is 1.88. The maximum atomic E-state index is 12.1. The summed E-state index contributed by atoms with van der Waals surface area (Å²) in [6.45, 7) is 5.17. The number of likely N-dealkylation sites (tertiary alicyclic amines) is 1. The van der Waals surface area contributed by atoms with Crippen LogP contribution in [-0.4, -0.2) is 41.9 Å². The highest BCUT2D eigenvalue weighted by molar-refractivity contribution is 5.89. The lowest BCUT2D eigenvalue weighted by Gasteiger charge is -2.33. The lowest BCUT2D eigenvalue weighted by molar-refractivity contribution is -0.131. The molecular weight excluding hydrogens is 254 g/mol. The molecule has 2 atom stereocenters. The molecule has 2 fully saturated rings. The summed E-state index contributed by atoms with van der Waals surface area (Å²) in [4.78, 5) is 26.2. The Labute approximate surface area is 121 Å². The summed E-state index contributed by atoms with van der Waals surface area (Å²) in [6, 6.07) is 0.325. The first-order valence-electron chi connectivity index (χ1n) is 7.81. The van der Waals surface area contributed by atoms with E-state index in [4.69, 9.17) is 5.73 Å². The number of nitrogens with two attached hydrogens (primary N) is 1. The van der Waals surface area contributed by atoms with E-state index in [0.29, 0.717) is 25.6 Å². The predicted octanol–water partition coefficient (Wildman–Crippen LogP) is 0.877. The van der Waals surface area contributed by atoms with E-state index in [0.717, 1.165) is 18.8 Å². The fraction of sp³-hybridized carbons (Fsp3) is 0.867. The van der Waals surface area contributed by atoms with Crippen molar-refractivity contribution in [3.8, 4) is 0 Å². The van der Waals surface area contributed by atoms with Crippen LogP contribution in [0.4, 0.5) is 0 Å². The molecule has 0 aromatic carbocycles. The lowest BCUT2D eigenvalue weighted by atomic mass is 9.87. The van der Waals surface area contributed by atoms with Crippen LogP contribution in [0.25, 0.3) is 0 Å². The van der Waals surface area contributed by atoms with Crippen LogP contribution in [-0.2, 0) is 9.59 Å². The van der Waals surface area contributed by atoms with Crippen LogP contribution in [0.5, 0.6) is 0 Å². The Morgan fingerprint density at radius 3 is 2.65 bits per heavy atom. The monoisotopic (exact) mass is 281 g/mol. The smallest absolute Gasteiger partial charge is 0.225 e. The number of carbonyl (C=O) groups excluding carboxylic acids is 2. The fourth-order valence-corrected chi connectivity index (χ4v) is 3.23. The van der Waals surface area contributed by atoms with E-state index >= 15 is 0 Å². The maximum absolute atomic E-state index is 12.1. The molecule has 1 unspecified atom stereocenters. The third kappa shape index (κ3) is 3.51. The van der Waals surface area contributed by atoms with Crippen molar-refractivity contribution >= 4 is 11.8 Å². The lowest BCUT2D eigenvalue weighted by Crippen LogP contribution is -2.43. The average Bonchev–Trinajstić information content (AvgIpc) is 2.81. The normalized spacial score (nSPS) is 32.2. The van der Waals surface area contributed by atoms with Gasteiger partial charge < -0.3 is 16.0 Å². The Hall–Kier alpha value is -1.10. The van der Waals surface area contributed by atoms with Gasteiger partial charge >= 0.3 is 0 Å². The minimum atomic E-state index is -0.198. The summed E-state index contributed by atoms with van der Waals surface area (Å²) >= 11 is 0. The van der Waals surface area contributed by atoms with Gasteiger partial charge in [-0.05, 0) is 38.5 Å². The van der Waals surface area contributed by atoms with Crippen LogP contribution in [0.2, 0.25) is 0 Å². The molecule has 3 N–H and O–H groups in total. The fourth-order valence-electron chi connectivity index (χ4n) is 3.23. The van der Waals surface area contributed by atoms with E-state index in [9.17, 15) is 9.59 Å². The van der Waals surface area contributed by atoms with Crippen molar-refractivity contribution in [1.82, 2.24) is 10.2 Å². The molecule has 0 bridgehead atoms. The molecule has 2 amide bonds. The molecule has 5 heteroatoms. The number of nitrogens with one attached hydrogen (secondary N) is 1. The Bertz CT molecular complexity index is 364. The van der Waals surface area contributed by atoms with Gasteiger partial charge in [0.15, 0.2) is 0 Å². The molecule has 1 saturated heterocycles. The number of nitrogens with zero attached hydrogens (tertiary/aromatic N) is 1. The molecule has 0 aromatic rings. The topological polar surface area (TPSA) is 75.4 Å². The molecule has 114 valence electrons. The standard InChI is InChI=1S/C15H27N3O2/c1-10-3-5-13(6-4-10)18-9-12(7-14(18)19)15(20)17-11(2)8-16/h10-13H,3-9,16H2,1-2H3,(H,17,20)/t10?,11-,12?,13?/m0/s1. The Kier molecular flexibility index (Phi) is 5.02. The molecule has 0 radical (unpaired) electrons. The first-order chi connectivity index (χ1) is 9.51. The van der Waals surface area contributed by atoms with Crippen molar-refractivity contribution in [3.05, 3.63) is 0 Å². The third-order valence-corrected chi connectivity index (χ3v) is 4.70. The van der Waals surface area contributed by atoms with Crippen molar-refractivity contribution in [2.24, 2.45) is 17.6 Å². The van der Waals surface area contributed by atoms with Crippen molar-refractivity contribution in [3.63, 3.8) is 0 Å². The van der Waals surface area contributed by atoms with Crippen LogP contribution in [0.1, 0.15) is 46.0 Å². The second-order valence-electron chi connectivity index (χ2n) is 6.51. The zero-order chi connectivity index (χ0) is 14.7. The van der Waals surface area contributed by atoms with Gasteiger partial charge in [0.1, 0.15) is 0 Å². The predicted molar refractivity (Wildman–Crippen MR) is 77.9 cm³/mol. The second-order valence-corrected chi connectivity index (χ2v) is 6.51. The largest absolute Gasteiger partial charge is 0.352 e. The van der Waals surface area contributed by atoms with Gasteiger partial charge in [-0.3, -0.25) is 9.59 Å². The van der Waals surface area contributed by atoms with Gasteiger partial charge in [0.2, 0.25) is 11.8 Å². The van der Waals surface area contributed by atoms with E-state index in [1.807, 2.05) is 11.8 Å². The minimum absolute atomic E-state index is 0.0250. The van der Waals surface area contributed by atoms with E-state index < -0.39 is 0 Å². The van der Waals surface area contributed by atoms with E-state index in [1.165, 1.54) is 12.8 Å². The quantitative estimate of drug-likeness (QED) is 0.803. The first-order valence-corrected chi connectivity index (χ1v) is 7.81. The summed E-state index contributed by atoms with van der Waals surface area (Å²) in [5, 5.41) is 2.88. The van der Waals surface area contributed by atoms with Gasteiger partial charge in [0.25, 0.3) is 0 Å². The summed E-state index contributed by atoms with van der Waals surface area (Å²) in [6.07, 6.45) is 4.90. The Morgan fingerprint density at radius 2 is 2.05 bits per heavy atom. The molecule has 0 aromatic heterocycles. The summed E-state index contributed by atoms with van der Waals surface area (Å²) in [5.74, 6) is 0.692. The van der Waals surface area contributed by atoms with Gasteiger partial charge in [0, 0.05) is 31.6 Å². The maximum Gasteiger partial charge on any atom is 0.225 e. The van der Waals surface area contributed by atoms with Gasteiger partial charge in [-0.25, -0.2) is 0 Å². The Morgan fingerprint density at radius 1 is 1.40 bits per heavy atom. The SMILES string of the molecule is CC1CCC(N2CC(C(=O)N[C@@H](C)CN)CC2=O)CC1. The number of rotatable bonds is 4.